The van der Waals surface area contributed by atoms with Gasteiger partial charge in [-0.2, -0.15) is 0 Å². The van der Waals surface area contributed by atoms with E-state index in [0.29, 0.717) is 11.4 Å². The lowest BCUT2D eigenvalue weighted by Crippen LogP contribution is -2.28. The number of carboxylic acids is 1. The van der Waals surface area contributed by atoms with Gasteiger partial charge < -0.3 is 19.6 Å². The molecule has 0 fully saturated rings. The number of rotatable bonds is 7. The van der Waals surface area contributed by atoms with Crippen molar-refractivity contribution in [2.75, 3.05) is 11.9 Å². The van der Waals surface area contributed by atoms with Gasteiger partial charge >= 0.3 is 5.97 Å². The second-order valence-corrected chi connectivity index (χ2v) is 6.70. The Hall–Kier alpha value is -4.40. The molecule has 1 aliphatic rings. The van der Waals surface area contributed by atoms with Crippen LogP contribution in [-0.2, 0) is 11.3 Å². The Kier molecular flexibility index (Phi) is 5.23. The number of furan rings is 1. The Morgan fingerprint density at radius 2 is 1.81 bits per heavy atom. The molecule has 0 bridgehead atoms. The van der Waals surface area contributed by atoms with Crippen LogP contribution < -0.4 is 10.1 Å². The van der Waals surface area contributed by atoms with Crippen molar-refractivity contribution in [2.24, 2.45) is 0 Å². The highest BCUT2D eigenvalue weighted by molar-refractivity contribution is 6.22. The second kappa shape index (κ2) is 8.15. The van der Waals surface area contributed by atoms with Gasteiger partial charge in [-0.3, -0.25) is 19.3 Å². The molecule has 2 aromatic carbocycles. The van der Waals surface area contributed by atoms with Crippen LogP contribution in [0.25, 0.3) is 0 Å². The van der Waals surface area contributed by atoms with Crippen LogP contribution in [-0.4, -0.2) is 40.3 Å². The van der Waals surface area contributed by atoms with E-state index in [-0.39, 0.29) is 29.0 Å². The Labute approximate surface area is 175 Å². The molecular weight excluding hydrogens is 404 g/mol. The summed E-state index contributed by atoms with van der Waals surface area (Å²) in [5.74, 6) is -1.82. The van der Waals surface area contributed by atoms with Crippen molar-refractivity contribution in [1.29, 1.82) is 0 Å². The number of hydrogen-bond acceptors (Lipinski definition) is 6. The number of nitrogens with zero attached hydrogens (tertiary/aromatic N) is 1. The number of aliphatic carboxylic acids is 1. The van der Waals surface area contributed by atoms with Crippen molar-refractivity contribution in [3.63, 3.8) is 0 Å². The summed E-state index contributed by atoms with van der Waals surface area (Å²) in [5.41, 5.74) is 0.937. The van der Waals surface area contributed by atoms with Crippen LogP contribution >= 0.6 is 0 Å². The van der Waals surface area contributed by atoms with Crippen molar-refractivity contribution >= 4 is 29.4 Å². The minimum Gasteiger partial charge on any atom is -0.482 e. The monoisotopic (exact) mass is 420 g/mol. The zero-order valence-electron chi connectivity index (χ0n) is 16.0. The fourth-order valence-electron chi connectivity index (χ4n) is 3.15. The largest absolute Gasteiger partial charge is 0.482 e. The van der Waals surface area contributed by atoms with E-state index in [1.807, 2.05) is 0 Å². The number of carbonyl (C=O) groups excluding carboxylic acids is 3. The molecule has 0 saturated carbocycles. The number of hydrogen-bond donors (Lipinski definition) is 2. The van der Waals surface area contributed by atoms with Crippen LogP contribution in [0, 0.1) is 0 Å². The van der Waals surface area contributed by atoms with Crippen LogP contribution in [0.4, 0.5) is 5.69 Å². The summed E-state index contributed by atoms with van der Waals surface area (Å²) in [7, 11) is 0. The van der Waals surface area contributed by atoms with Crippen molar-refractivity contribution in [1.82, 2.24) is 4.90 Å². The lowest BCUT2D eigenvalue weighted by atomic mass is 10.1. The van der Waals surface area contributed by atoms with Gasteiger partial charge in [0, 0.05) is 17.3 Å². The topological polar surface area (TPSA) is 126 Å². The van der Waals surface area contributed by atoms with Crippen molar-refractivity contribution in [3.8, 4) is 5.75 Å². The zero-order valence-corrected chi connectivity index (χ0v) is 16.0. The minimum atomic E-state index is -1.12. The molecule has 4 rings (SSSR count). The van der Waals surface area contributed by atoms with E-state index in [0.717, 1.165) is 4.90 Å². The fourth-order valence-corrected chi connectivity index (χ4v) is 3.15. The highest BCUT2D eigenvalue weighted by Gasteiger charge is 2.36. The van der Waals surface area contributed by atoms with Gasteiger partial charge in [0.2, 0.25) is 0 Å². The summed E-state index contributed by atoms with van der Waals surface area (Å²) in [4.78, 5) is 49.6. The predicted molar refractivity (Wildman–Crippen MR) is 107 cm³/mol. The molecule has 3 aromatic rings. The van der Waals surface area contributed by atoms with E-state index in [1.165, 1.54) is 30.5 Å². The standard InChI is InChI=1S/C22H16N2O7/c25-19(26)12-31-15-4-1-3-14(10-15)23-20(27)13-6-7-17-18(9-13)22(29)24(21(17)28)11-16-5-2-8-30-16/h1-10H,11-12H2,(H,23,27)(H,25,26). The van der Waals surface area contributed by atoms with E-state index in [9.17, 15) is 19.2 Å². The number of imide groups is 1. The van der Waals surface area contributed by atoms with Crippen molar-refractivity contribution < 1.29 is 33.4 Å². The third-order valence-electron chi connectivity index (χ3n) is 4.58. The van der Waals surface area contributed by atoms with Crippen LogP contribution in [0.3, 0.4) is 0 Å². The number of carbonyl (C=O) groups is 4. The first kappa shape index (κ1) is 19.9. The number of amides is 3. The van der Waals surface area contributed by atoms with Gasteiger partial charge in [-0.25, -0.2) is 4.79 Å². The first-order valence-electron chi connectivity index (χ1n) is 9.21. The van der Waals surface area contributed by atoms with Gasteiger partial charge in [-0.15, -0.1) is 0 Å². The summed E-state index contributed by atoms with van der Waals surface area (Å²) in [6.45, 7) is -0.503. The Balaban J connectivity index is 1.50. The first-order valence-corrected chi connectivity index (χ1v) is 9.21. The van der Waals surface area contributed by atoms with Gasteiger partial charge in [-0.05, 0) is 42.5 Å². The molecule has 3 amide bonds. The average Bonchev–Trinajstić information content (AvgIpc) is 3.35. The molecule has 2 heterocycles. The van der Waals surface area contributed by atoms with Crippen molar-refractivity contribution in [2.45, 2.75) is 6.54 Å². The summed E-state index contributed by atoms with van der Waals surface area (Å²) in [6.07, 6.45) is 1.46. The Morgan fingerprint density at radius 1 is 1.00 bits per heavy atom. The molecule has 9 heteroatoms. The highest BCUT2D eigenvalue weighted by Crippen LogP contribution is 2.26. The molecule has 31 heavy (non-hydrogen) atoms. The minimum absolute atomic E-state index is 0.00398. The summed E-state index contributed by atoms with van der Waals surface area (Å²) in [6, 6.07) is 13.9. The molecule has 2 N–H and O–H groups in total. The van der Waals surface area contributed by atoms with Gasteiger partial charge in [0.1, 0.15) is 11.5 Å². The third kappa shape index (κ3) is 4.15. The summed E-state index contributed by atoms with van der Waals surface area (Å²) in [5, 5.41) is 11.4. The number of fused-ring (bicyclic) bond motifs is 1. The van der Waals surface area contributed by atoms with Crippen LogP contribution in [0.2, 0.25) is 0 Å². The van der Waals surface area contributed by atoms with Gasteiger partial charge in [-0.1, -0.05) is 6.07 Å². The van der Waals surface area contributed by atoms with Gasteiger partial charge in [0.25, 0.3) is 17.7 Å². The van der Waals surface area contributed by atoms with Gasteiger partial charge in [0.15, 0.2) is 6.61 Å². The molecule has 0 radical (unpaired) electrons. The Morgan fingerprint density at radius 3 is 2.55 bits per heavy atom. The predicted octanol–water partition coefficient (Wildman–Crippen LogP) is 2.79. The van der Waals surface area contributed by atoms with Crippen LogP contribution in [0.5, 0.6) is 5.75 Å². The fraction of sp³-hybridized carbons (Fsp3) is 0.0909. The number of nitrogens with one attached hydrogen (secondary N) is 1. The number of benzene rings is 2. The highest BCUT2D eigenvalue weighted by atomic mass is 16.5. The number of ether oxygens (including phenoxy) is 1. The molecule has 0 aliphatic carbocycles. The first-order chi connectivity index (χ1) is 14.9. The molecule has 1 aromatic heterocycles. The van der Waals surface area contributed by atoms with E-state index in [1.54, 1.807) is 30.3 Å². The van der Waals surface area contributed by atoms with Gasteiger partial charge in [0.05, 0.1) is 23.9 Å². The molecule has 0 unspecified atom stereocenters. The molecule has 1 aliphatic heterocycles. The lowest BCUT2D eigenvalue weighted by molar-refractivity contribution is -0.139. The van der Waals surface area contributed by atoms with E-state index < -0.39 is 30.3 Å². The number of carboxylic acid groups (broad SMARTS) is 1. The maximum atomic E-state index is 12.7. The van der Waals surface area contributed by atoms with E-state index >= 15 is 0 Å². The summed E-state index contributed by atoms with van der Waals surface area (Å²) >= 11 is 0. The SMILES string of the molecule is O=C(O)COc1cccc(NC(=O)c2ccc3c(c2)C(=O)N(Cc2ccco2)C3=O)c1. The molecule has 0 atom stereocenters. The molecule has 0 saturated heterocycles. The zero-order chi connectivity index (χ0) is 22.0. The normalized spacial score (nSPS) is 12.6. The van der Waals surface area contributed by atoms with Crippen LogP contribution in [0.1, 0.15) is 36.8 Å². The van der Waals surface area contributed by atoms with E-state index in [2.05, 4.69) is 5.32 Å². The lowest BCUT2D eigenvalue weighted by Gasteiger charge is -2.11. The van der Waals surface area contributed by atoms with Crippen molar-refractivity contribution in [3.05, 3.63) is 83.3 Å². The molecule has 9 nitrogen and oxygen atoms in total. The molecular formula is C22H16N2O7. The van der Waals surface area contributed by atoms with Crippen LogP contribution in [0.15, 0.2) is 65.3 Å². The Bertz CT molecular complexity index is 1180. The maximum absolute atomic E-state index is 12.7. The average molecular weight is 420 g/mol. The summed E-state index contributed by atoms with van der Waals surface area (Å²) < 4.78 is 10.3. The smallest absolute Gasteiger partial charge is 0.341 e. The quantitative estimate of drug-likeness (QED) is 0.563. The molecule has 156 valence electrons. The maximum Gasteiger partial charge on any atom is 0.341 e. The van der Waals surface area contributed by atoms with E-state index in [4.69, 9.17) is 14.3 Å². The second-order valence-electron chi connectivity index (χ2n) is 6.70. The number of anilines is 1. The molecule has 0 spiro atoms. The third-order valence-corrected chi connectivity index (χ3v) is 4.58.